The third-order valence-corrected chi connectivity index (χ3v) is 6.32. The highest BCUT2D eigenvalue weighted by atomic mass is 35.5. The monoisotopic (exact) mass is 392 g/mol. The highest BCUT2D eigenvalue weighted by Crippen LogP contribution is 2.30. The zero-order chi connectivity index (χ0) is 18.6. The van der Waals surface area contributed by atoms with Gasteiger partial charge in [-0.15, -0.1) is 0 Å². The van der Waals surface area contributed by atoms with Gasteiger partial charge in [0.1, 0.15) is 11.9 Å². The first kappa shape index (κ1) is 19.0. The Kier molecular flexibility index (Phi) is 6.21. The van der Waals surface area contributed by atoms with E-state index in [1.807, 2.05) is 11.0 Å². The minimum absolute atomic E-state index is 0.0146. The van der Waals surface area contributed by atoms with Crippen LogP contribution in [0.25, 0.3) is 0 Å². The number of halogens is 1. The lowest BCUT2D eigenvalue weighted by Crippen LogP contribution is -2.43. The normalized spacial score (nSPS) is 22.9. The van der Waals surface area contributed by atoms with E-state index in [0.717, 1.165) is 32.0 Å². The van der Waals surface area contributed by atoms with Gasteiger partial charge in [-0.1, -0.05) is 24.4 Å². The maximum absolute atomic E-state index is 13.0. The summed E-state index contributed by atoms with van der Waals surface area (Å²) in [4.78, 5) is 17.4. The minimum atomic E-state index is -0.0146. The summed E-state index contributed by atoms with van der Waals surface area (Å²) in [5.41, 5.74) is 0.572. The van der Waals surface area contributed by atoms with Crippen LogP contribution in [0.15, 0.2) is 18.2 Å². The van der Waals surface area contributed by atoms with Crippen LogP contribution in [-0.4, -0.2) is 67.2 Å². The van der Waals surface area contributed by atoms with Crippen molar-refractivity contribution in [3.05, 3.63) is 28.8 Å². The summed E-state index contributed by atoms with van der Waals surface area (Å²) in [5.74, 6) is 0.648. The van der Waals surface area contributed by atoms with E-state index in [2.05, 4.69) is 4.90 Å². The number of ether oxygens (including phenoxy) is 2. The van der Waals surface area contributed by atoms with Crippen LogP contribution in [0, 0.1) is 0 Å². The molecule has 148 valence electrons. The molecule has 0 atom stereocenters. The molecule has 2 aliphatic heterocycles. The van der Waals surface area contributed by atoms with Crippen LogP contribution in [0.5, 0.6) is 5.75 Å². The van der Waals surface area contributed by atoms with Crippen LogP contribution in [0.1, 0.15) is 48.9 Å². The molecule has 2 saturated heterocycles. The van der Waals surface area contributed by atoms with E-state index < -0.39 is 0 Å². The van der Waals surface area contributed by atoms with E-state index >= 15 is 0 Å². The molecule has 1 aromatic carbocycles. The van der Waals surface area contributed by atoms with Gasteiger partial charge in [-0.2, -0.15) is 0 Å². The maximum Gasteiger partial charge on any atom is 0.257 e. The SMILES string of the molecule is O=C(c1cc(Cl)ccc1OC1CCN(C2CCCC2)CC1)N1CCOCC1. The van der Waals surface area contributed by atoms with Crippen molar-refractivity contribution < 1.29 is 14.3 Å². The fourth-order valence-electron chi connectivity index (χ4n) is 4.52. The molecule has 1 amide bonds. The Morgan fingerprint density at radius 2 is 1.74 bits per heavy atom. The molecular weight excluding hydrogens is 364 g/mol. The zero-order valence-electron chi connectivity index (χ0n) is 15.9. The van der Waals surface area contributed by atoms with E-state index in [0.29, 0.717) is 42.6 Å². The van der Waals surface area contributed by atoms with Crippen LogP contribution >= 0.6 is 11.6 Å². The Morgan fingerprint density at radius 3 is 2.44 bits per heavy atom. The molecular formula is C21H29ClN2O3. The molecule has 0 spiro atoms. The highest BCUT2D eigenvalue weighted by molar-refractivity contribution is 6.31. The third kappa shape index (κ3) is 4.58. The summed E-state index contributed by atoms with van der Waals surface area (Å²) in [7, 11) is 0. The number of hydrogen-bond acceptors (Lipinski definition) is 4. The van der Waals surface area contributed by atoms with Crippen molar-refractivity contribution in [1.29, 1.82) is 0 Å². The average Bonchev–Trinajstić information content (AvgIpc) is 3.25. The van der Waals surface area contributed by atoms with E-state index in [4.69, 9.17) is 21.1 Å². The van der Waals surface area contributed by atoms with Crippen molar-refractivity contribution >= 4 is 17.5 Å². The van der Waals surface area contributed by atoms with E-state index in [1.54, 1.807) is 12.1 Å². The Hall–Kier alpha value is -1.30. The van der Waals surface area contributed by atoms with Crippen molar-refractivity contribution in [2.75, 3.05) is 39.4 Å². The van der Waals surface area contributed by atoms with Gasteiger partial charge in [-0.3, -0.25) is 4.79 Å². The van der Waals surface area contributed by atoms with E-state index in [9.17, 15) is 4.79 Å². The van der Waals surface area contributed by atoms with Crippen LogP contribution < -0.4 is 4.74 Å². The lowest BCUT2D eigenvalue weighted by atomic mass is 10.0. The minimum Gasteiger partial charge on any atom is -0.489 e. The smallest absolute Gasteiger partial charge is 0.257 e. The van der Waals surface area contributed by atoms with Crippen LogP contribution in [0.4, 0.5) is 0 Å². The number of likely N-dealkylation sites (tertiary alicyclic amines) is 1. The number of piperidine rings is 1. The zero-order valence-corrected chi connectivity index (χ0v) is 16.6. The maximum atomic E-state index is 13.0. The Morgan fingerprint density at radius 1 is 1.04 bits per heavy atom. The lowest BCUT2D eigenvalue weighted by molar-refractivity contribution is 0.0295. The van der Waals surface area contributed by atoms with Gasteiger partial charge in [0.25, 0.3) is 5.91 Å². The van der Waals surface area contributed by atoms with Gasteiger partial charge >= 0.3 is 0 Å². The summed E-state index contributed by atoms with van der Waals surface area (Å²) in [6.07, 6.45) is 7.65. The molecule has 6 heteroatoms. The van der Waals surface area contributed by atoms with Crippen molar-refractivity contribution in [2.24, 2.45) is 0 Å². The van der Waals surface area contributed by atoms with Crippen LogP contribution in [0.3, 0.4) is 0 Å². The number of hydrogen-bond donors (Lipinski definition) is 0. The van der Waals surface area contributed by atoms with E-state index in [1.165, 1.54) is 25.7 Å². The van der Waals surface area contributed by atoms with Crippen molar-refractivity contribution in [2.45, 2.75) is 50.7 Å². The van der Waals surface area contributed by atoms with Crippen molar-refractivity contribution in [1.82, 2.24) is 9.80 Å². The standard InChI is InChI=1S/C21H29ClN2O3/c22-16-5-6-20(19(15-16)21(25)24-11-13-26-14-12-24)27-18-7-9-23(10-8-18)17-3-1-2-4-17/h5-6,15,17-18H,1-4,7-14H2. The highest BCUT2D eigenvalue weighted by Gasteiger charge is 2.29. The lowest BCUT2D eigenvalue weighted by Gasteiger charge is -2.36. The third-order valence-electron chi connectivity index (χ3n) is 6.08. The molecule has 0 unspecified atom stereocenters. The molecule has 3 aliphatic rings. The van der Waals surface area contributed by atoms with Crippen molar-refractivity contribution in [3.63, 3.8) is 0 Å². The number of nitrogens with zero attached hydrogens (tertiary/aromatic N) is 2. The number of rotatable bonds is 4. The first-order chi connectivity index (χ1) is 13.2. The molecule has 5 nitrogen and oxygen atoms in total. The molecule has 3 fully saturated rings. The molecule has 1 aliphatic carbocycles. The van der Waals surface area contributed by atoms with Gasteiger partial charge in [0.2, 0.25) is 0 Å². The summed E-state index contributed by atoms with van der Waals surface area (Å²) in [6, 6.07) is 6.17. The number of carbonyl (C=O) groups is 1. The first-order valence-electron chi connectivity index (χ1n) is 10.3. The predicted octanol–water partition coefficient (Wildman–Crippen LogP) is 3.60. The number of benzene rings is 1. The van der Waals surface area contributed by atoms with Gasteiger partial charge < -0.3 is 19.3 Å². The van der Waals surface area contributed by atoms with Crippen molar-refractivity contribution in [3.8, 4) is 5.75 Å². The van der Waals surface area contributed by atoms with Gasteiger partial charge in [0.15, 0.2) is 0 Å². The second-order valence-electron chi connectivity index (χ2n) is 7.84. The molecule has 4 rings (SSSR count). The van der Waals surface area contributed by atoms with Gasteiger partial charge in [0, 0.05) is 37.2 Å². The predicted molar refractivity (Wildman–Crippen MR) is 106 cm³/mol. The Bertz CT molecular complexity index is 649. The molecule has 0 aromatic heterocycles. The summed E-state index contributed by atoms with van der Waals surface area (Å²) in [5, 5.41) is 0.565. The molecule has 2 heterocycles. The molecule has 1 saturated carbocycles. The summed E-state index contributed by atoms with van der Waals surface area (Å²) < 4.78 is 11.7. The fraction of sp³-hybridized carbons (Fsp3) is 0.667. The first-order valence-corrected chi connectivity index (χ1v) is 10.7. The molecule has 0 N–H and O–H groups in total. The second kappa shape index (κ2) is 8.80. The van der Waals surface area contributed by atoms with Gasteiger partial charge in [-0.25, -0.2) is 0 Å². The average molecular weight is 393 g/mol. The van der Waals surface area contributed by atoms with E-state index in [-0.39, 0.29) is 12.0 Å². The molecule has 0 bridgehead atoms. The van der Waals surface area contributed by atoms with Crippen LogP contribution in [-0.2, 0) is 4.74 Å². The second-order valence-corrected chi connectivity index (χ2v) is 8.27. The number of amides is 1. The molecule has 0 radical (unpaired) electrons. The summed E-state index contributed by atoms with van der Waals surface area (Å²) in [6.45, 7) is 4.59. The quantitative estimate of drug-likeness (QED) is 0.785. The van der Waals surface area contributed by atoms with Crippen LogP contribution in [0.2, 0.25) is 5.02 Å². The Balaban J connectivity index is 1.40. The number of carbonyl (C=O) groups excluding carboxylic acids is 1. The molecule has 27 heavy (non-hydrogen) atoms. The largest absolute Gasteiger partial charge is 0.489 e. The Labute approximate surface area is 166 Å². The number of morpholine rings is 1. The summed E-state index contributed by atoms with van der Waals surface area (Å²) >= 11 is 6.18. The van der Waals surface area contributed by atoms with Gasteiger partial charge in [-0.05, 0) is 43.9 Å². The fourth-order valence-corrected chi connectivity index (χ4v) is 4.69. The van der Waals surface area contributed by atoms with Gasteiger partial charge in [0.05, 0.1) is 18.8 Å². The molecule has 1 aromatic rings. The topological polar surface area (TPSA) is 42.0 Å².